The molecule has 9 atom stereocenters. The molecule has 2 fully saturated rings. The van der Waals surface area contributed by atoms with Crippen molar-refractivity contribution < 1.29 is 38.5 Å². The van der Waals surface area contributed by atoms with Gasteiger partial charge in [-0.2, -0.15) is 0 Å². The maximum absolute atomic E-state index is 12.6. The predicted octanol–water partition coefficient (Wildman–Crippen LogP) is 7.20. The van der Waals surface area contributed by atoms with Crippen molar-refractivity contribution in [1.29, 1.82) is 0 Å². The summed E-state index contributed by atoms with van der Waals surface area (Å²) in [5.74, 6) is -1.48. The van der Waals surface area contributed by atoms with Crippen LogP contribution in [0.5, 0.6) is 0 Å². The molecular formula is C36H54O8. The third-order valence-electron chi connectivity index (χ3n) is 12.9. The van der Waals surface area contributed by atoms with Crippen LogP contribution in [0.15, 0.2) is 22.8 Å². The van der Waals surface area contributed by atoms with E-state index in [0.717, 1.165) is 38.5 Å². The molecule has 0 aromatic heterocycles. The molecule has 0 aliphatic heterocycles. The number of hydrogen-bond acceptors (Lipinski definition) is 7. The van der Waals surface area contributed by atoms with Crippen LogP contribution >= 0.6 is 0 Å². The van der Waals surface area contributed by atoms with Crippen molar-refractivity contribution in [3.05, 3.63) is 22.8 Å². The van der Waals surface area contributed by atoms with E-state index in [1.54, 1.807) is 13.0 Å². The van der Waals surface area contributed by atoms with E-state index in [1.165, 1.54) is 31.9 Å². The second-order valence-electron chi connectivity index (χ2n) is 15.5. The number of aliphatic carboxylic acids is 1. The molecule has 0 bridgehead atoms. The van der Waals surface area contributed by atoms with E-state index in [0.29, 0.717) is 12.8 Å². The molecule has 0 aromatic carbocycles. The molecule has 8 nitrogen and oxygen atoms in total. The van der Waals surface area contributed by atoms with Gasteiger partial charge in [-0.15, -0.1) is 0 Å². The van der Waals surface area contributed by atoms with Gasteiger partial charge in [0.2, 0.25) is 0 Å². The first kappa shape index (κ1) is 34.2. The van der Waals surface area contributed by atoms with E-state index in [9.17, 15) is 24.3 Å². The van der Waals surface area contributed by atoms with Crippen molar-refractivity contribution >= 4 is 23.9 Å². The van der Waals surface area contributed by atoms with Gasteiger partial charge >= 0.3 is 23.9 Å². The van der Waals surface area contributed by atoms with Gasteiger partial charge < -0.3 is 19.3 Å². The fourth-order valence-corrected chi connectivity index (χ4v) is 10.4. The number of carboxylic acid groups (broad SMARTS) is 1. The smallest absolute Gasteiger partial charge is 0.330 e. The minimum atomic E-state index is -0.975. The van der Waals surface area contributed by atoms with Crippen LogP contribution < -0.4 is 0 Å². The Morgan fingerprint density at radius 2 is 1.55 bits per heavy atom. The highest BCUT2D eigenvalue weighted by Crippen LogP contribution is 2.73. The summed E-state index contributed by atoms with van der Waals surface area (Å²) in [6, 6.07) is 0. The molecule has 0 unspecified atom stereocenters. The van der Waals surface area contributed by atoms with Gasteiger partial charge in [0.05, 0.1) is 0 Å². The Morgan fingerprint density at radius 3 is 2.11 bits per heavy atom. The van der Waals surface area contributed by atoms with Crippen LogP contribution in [-0.2, 0) is 33.4 Å². The molecule has 0 saturated heterocycles. The van der Waals surface area contributed by atoms with E-state index in [2.05, 4.69) is 41.5 Å². The number of carboxylic acids is 1. The van der Waals surface area contributed by atoms with Crippen molar-refractivity contribution in [3.63, 3.8) is 0 Å². The van der Waals surface area contributed by atoms with E-state index in [-0.39, 0.29) is 75.1 Å². The maximum atomic E-state index is 12.6. The topological polar surface area (TPSA) is 116 Å². The fourth-order valence-electron chi connectivity index (χ4n) is 10.4. The molecule has 4 rings (SSSR count). The van der Waals surface area contributed by atoms with Crippen LogP contribution in [0, 0.1) is 39.4 Å². The van der Waals surface area contributed by atoms with Crippen molar-refractivity contribution in [2.45, 2.75) is 139 Å². The van der Waals surface area contributed by atoms with Crippen molar-refractivity contribution in [2.24, 2.45) is 39.4 Å². The van der Waals surface area contributed by atoms with Crippen LogP contribution in [0.1, 0.15) is 121 Å². The van der Waals surface area contributed by atoms with Gasteiger partial charge in [-0.25, -0.2) is 4.79 Å². The summed E-state index contributed by atoms with van der Waals surface area (Å²) < 4.78 is 17.9. The van der Waals surface area contributed by atoms with Gasteiger partial charge in [-0.05, 0) is 91.4 Å². The molecule has 0 heterocycles. The van der Waals surface area contributed by atoms with Gasteiger partial charge in [0.25, 0.3) is 0 Å². The summed E-state index contributed by atoms with van der Waals surface area (Å²) in [6.07, 6.45) is 7.22. The molecule has 44 heavy (non-hydrogen) atoms. The van der Waals surface area contributed by atoms with Gasteiger partial charge in [0.1, 0.15) is 18.3 Å². The summed E-state index contributed by atoms with van der Waals surface area (Å²) in [6.45, 7) is 19.6. The van der Waals surface area contributed by atoms with Gasteiger partial charge in [-0.1, -0.05) is 53.2 Å². The number of esters is 3. The lowest BCUT2D eigenvalue weighted by Gasteiger charge is -2.63. The molecule has 4 aliphatic rings. The average Bonchev–Trinajstić information content (AvgIpc) is 3.18. The highest BCUT2D eigenvalue weighted by molar-refractivity contribution is 5.85. The Hall–Kier alpha value is -2.64. The molecule has 0 amide bonds. The second-order valence-corrected chi connectivity index (χ2v) is 15.5. The van der Waals surface area contributed by atoms with Gasteiger partial charge in [-0.3, -0.25) is 14.4 Å². The Labute approximate surface area is 263 Å². The Balaban J connectivity index is 1.76. The minimum Gasteiger partial charge on any atom is -0.478 e. The molecule has 0 aromatic rings. The number of carbonyl (C=O) groups excluding carboxylic acids is 3. The standard InChI is InChI=1S/C36H54O8/c1-20(32(40)41)11-12-27(42-22(3)37)21(2)25-13-18-36(10)31-26(14-17-35(25,36)9)34(8)16-15-30(44-24(5)39)33(6,7)29(34)19-28(31)43-23(4)38/h11,21,25,27-30H,12-19H2,1-10H3,(H,40,41)/b20-11+/t21-,25+,27+,28-,29-,30-,34+,35+,36-/m1/s1. The summed E-state index contributed by atoms with van der Waals surface area (Å²) in [7, 11) is 0. The molecule has 1 N–H and O–H groups in total. The molecule has 2 saturated carbocycles. The summed E-state index contributed by atoms with van der Waals surface area (Å²) in [4.78, 5) is 48.3. The van der Waals surface area contributed by atoms with Crippen molar-refractivity contribution in [1.82, 2.24) is 0 Å². The normalized spacial score (nSPS) is 37.5. The number of fused-ring (bicyclic) bond motifs is 4. The number of rotatable bonds is 8. The molecule has 0 radical (unpaired) electrons. The molecule has 4 aliphatic carbocycles. The lowest BCUT2D eigenvalue weighted by molar-refractivity contribution is -0.172. The van der Waals surface area contributed by atoms with Crippen LogP contribution in [0.2, 0.25) is 0 Å². The monoisotopic (exact) mass is 614 g/mol. The van der Waals surface area contributed by atoms with Crippen LogP contribution in [0.3, 0.4) is 0 Å². The third-order valence-corrected chi connectivity index (χ3v) is 12.9. The highest BCUT2D eigenvalue weighted by atomic mass is 16.6. The van der Waals surface area contributed by atoms with E-state index in [1.807, 2.05) is 0 Å². The lowest BCUT2D eigenvalue weighted by atomic mass is 9.42. The maximum Gasteiger partial charge on any atom is 0.330 e. The van der Waals surface area contributed by atoms with E-state index >= 15 is 0 Å². The van der Waals surface area contributed by atoms with Crippen LogP contribution in [0.4, 0.5) is 0 Å². The molecular weight excluding hydrogens is 560 g/mol. The molecule has 0 spiro atoms. The van der Waals surface area contributed by atoms with Crippen LogP contribution in [-0.4, -0.2) is 47.3 Å². The largest absolute Gasteiger partial charge is 0.478 e. The number of allylic oxidation sites excluding steroid dienone is 1. The lowest BCUT2D eigenvalue weighted by Crippen LogP contribution is -2.59. The van der Waals surface area contributed by atoms with Crippen molar-refractivity contribution in [2.75, 3.05) is 0 Å². The first-order chi connectivity index (χ1) is 20.3. The first-order valence-corrected chi connectivity index (χ1v) is 16.4. The predicted molar refractivity (Wildman–Crippen MR) is 166 cm³/mol. The summed E-state index contributed by atoms with van der Waals surface area (Å²) in [5.41, 5.74) is 2.22. The quantitative estimate of drug-likeness (QED) is 0.132. The molecule has 246 valence electrons. The zero-order valence-corrected chi connectivity index (χ0v) is 28.5. The number of ether oxygens (including phenoxy) is 3. The van der Waals surface area contributed by atoms with E-state index < -0.39 is 12.1 Å². The number of hydrogen-bond donors (Lipinski definition) is 1. The van der Waals surface area contributed by atoms with Crippen LogP contribution in [0.25, 0.3) is 0 Å². The second kappa shape index (κ2) is 11.9. The zero-order chi connectivity index (χ0) is 33.0. The Kier molecular flexibility index (Phi) is 9.29. The average molecular weight is 615 g/mol. The van der Waals surface area contributed by atoms with E-state index in [4.69, 9.17) is 14.2 Å². The fraction of sp³-hybridized carbons (Fsp3) is 0.778. The Morgan fingerprint density at radius 1 is 0.909 bits per heavy atom. The van der Waals surface area contributed by atoms with Crippen molar-refractivity contribution in [3.8, 4) is 0 Å². The molecule has 8 heteroatoms. The van der Waals surface area contributed by atoms with Gasteiger partial charge in [0.15, 0.2) is 0 Å². The summed E-state index contributed by atoms with van der Waals surface area (Å²) >= 11 is 0. The zero-order valence-electron chi connectivity index (χ0n) is 28.5. The minimum absolute atomic E-state index is 0.00271. The van der Waals surface area contributed by atoms with Gasteiger partial charge in [0, 0.05) is 38.2 Å². The SMILES string of the molecule is CC(=O)O[C@@H](C/C=C(\C)C(=O)O)[C@H](C)[C@@H]1CC[C@]2(C)C3=C(CC[C@@]12C)[C@]1(C)CC[C@@H](OC(C)=O)C(C)(C)[C@H]1C[C@H]3OC(C)=O. The number of carbonyl (C=O) groups is 4. The highest BCUT2D eigenvalue weighted by Gasteiger charge is 2.66. The summed E-state index contributed by atoms with van der Waals surface area (Å²) in [5, 5.41) is 9.40. The first-order valence-electron chi connectivity index (χ1n) is 16.4. The third kappa shape index (κ3) is 5.64. The Bertz CT molecular complexity index is 1260.